The van der Waals surface area contributed by atoms with Gasteiger partial charge in [0.15, 0.2) is 0 Å². The third-order valence-electron chi connectivity index (χ3n) is 4.00. The molecule has 130 valence electrons. The lowest BCUT2D eigenvalue weighted by atomic mass is 10.1. The van der Waals surface area contributed by atoms with E-state index in [0.717, 1.165) is 30.2 Å². The molecule has 1 saturated carbocycles. The summed E-state index contributed by atoms with van der Waals surface area (Å²) in [7, 11) is 0. The number of nitrogens with one attached hydrogen (secondary N) is 4. The normalized spacial score (nSPS) is 18.2. The number of hydrogen-bond acceptors (Lipinski definition) is 4. The molecule has 0 atom stereocenters. The highest BCUT2D eigenvalue weighted by Gasteiger charge is 2.26. The number of alkyl halides is 2. The van der Waals surface area contributed by atoms with E-state index in [2.05, 4.69) is 16.0 Å². The Morgan fingerprint density at radius 2 is 2.00 bits per heavy atom. The molecule has 1 fully saturated rings. The van der Waals surface area contributed by atoms with Crippen LogP contribution in [0, 0.1) is 12.3 Å². The Bertz CT molecular complexity index is 818. The third-order valence-corrected chi connectivity index (χ3v) is 4.00. The van der Waals surface area contributed by atoms with Crippen LogP contribution in [0.5, 0.6) is 0 Å². The first-order valence-electron chi connectivity index (χ1n) is 7.87. The van der Waals surface area contributed by atoms with Crippen molar-refractivity contribution in [1.82, 2.24) is 10.6 Å². The third kappa shape index (κ3) is 3.76. The van der Waals surface area contributed by atoms with E-state index in [1.807, 2.05) is 19.1 Å². The standard InChI is InChI=1S/C18H18F2N4O/c1-10-4-2-3-5-13(10)24-18(25)12(9-21)17-22-14(11-6-7-11)8-15(23-17)16(19)20/h2-5,8-9,16,21-23H,6-7H2,1H3,(H,24,25)/b17-12+,21-9?. The number of halogens is 2. The van der Waals surface area contributed by atoms with E-state index >= 15 is 0 Å². The molecule has 1 heterocycles. The fourth-order valence-corrected chi connectivity index (χ4v) is 2.47. The van der Waals surface area contributed by atoms with Crippen molar-refractivity contribution in [2.45, 2.75) is 26.2 Å². The van der Waals surface area contributed by atoms with Gasteiger partial charge in [0.2, 0.25) is 0 Å². The van der Waals surface area contributed by atoms with Gasteiger partial charge in [0, 0.05) is 17.6 Å². The van der Waals surface area contributed by atoms with Gasteiger partial charge in [-0.25, -0.2) is 8.78 Å². The topological polar surface area (TPSA) is 77.0 Å². The Hall–Kier alpha value is -2.96. The molecule has 0 saturated heterocycles. The maximum absolute atomic E-state index is 13.2. The van der Waals surface area contributed by atoms with Crippen molar-refractivity contribution in [2.75, 3.05) is 5.32 Å². The fourth-order valence-electron chi connectivity index (χ4n) is 2.47. The average molecular weight is 344 g/mol. The van der Waals surface area contributed by atoms with Gasteiger partial charge in [0.1, 0.15) is 5.82 Å². The summed E-state index contributed by atoms with van der Waals surface area (Å²) in [5.41, 5.74) is 2.74. The maximum Gasteiger partial charge on any atom is 0.278 e. The summed E-state index contributed by atoms with van der Waals surface area (Å²) in [6.07, 6.45) is 1.21. The number of carbonyl (C=O) groups is 1. The van der Waals surface area contributed by atoms with Crippen LogP contribution in [0.2, 0.25) is 0 Å². The zero-order chi connectivity index (χ0) is 18.0. The second-order valence-corrected chi connectivity index (χ2v) is 5.87. The molecule has 1 aromatic carbocycles. The molecule has 1 aliphatic carbocycles. The van der Waals surface area contributed by atoms with Crippen LogP contribution in [-0.4, -0.2) is 18.5 Å². The predicted molar refractivity (Wildman–Crippen MR) is 92.2 cm³/mol. The summed E-state index contributed by atoms with van der Waals surface area (Å²) in [4.78, 5) is 12.5. The summed E-state index contributed by atoms with van der Waals surface area (Å²) < 4.78 is 26.3. The zero-order valence-corrected chi connectivity index (χ0v) is 13.6. The van der Waals surface area contributed by atoms with E-state index < -0.39 is 12.3 Å². The Morgan fingerprint density at radius 3 is 2.60 bits per heavy atom. The summed E-state index contributed by atoms with van der Waals surface area (Å²) >= 11 is 0. The molecule has 1 aromatic rings. The quantitative estimate of drug-likeness (QED) is 0.500. The van der Waals surface area contributed by atoms with Gasteiger partial charge in [-0.2, -0.15) is 0 Å². The molecule has 0 radical (unpaired) electrons. The Labute approximate surface area is 144 Å². The molecular formula is C18H18F2N4O. The lowest BCUT2D eigenvalue weighted by molar-refractivity contribution is -0.112. The molecular weight excluding hydrogens is 326 g/mol. The summed E-state index contributed by atoms with van der Waals surface area (Å²) in [6, 6.07) is 7.21. The van der Waals surface area contributed by atoms with Gasteiger partial charge in [0.05, 0.1) is 11.3 Å². The number of para-hydroxylation sites is 1. The number of hydrogen-bond donors (Lipinski definition) is 4. The second-order valence-electron chi connectivity index (χ2n) is 5.87. The van der Waals surface area contributed by atoms with Gasteiger partial charge >= 0.3 is 0 Å². The van der Waals surface area contributed by atoms with Crippen LogP contribution >= 0.6 is 0 Å². The Kier molecular flexibility index (Phi) is 4.65. The van der Waals surface area contributed by atoms with E-state index in [9.17, 15) is 13.6 Å². The van der Waals surface area contributed by atoms with Crippen LogP contribution in [0.15, 0.2) is 58.7 Å². The SMILES string of the molecule is Cc1ccccc1NC(=O)/C(C=N)=C1/NC(C(F)F)=CC(=C2CC2)N1. The average Bonchev–Trinajstić information content (AvgIpc) is 3.42. The minimum absolute atomic E-state index is 0.0479. The largest absolute Gasteiger partial charge is 0.341 e. The van der Waals surface area contributed by atoms with E-state index in [1.165, 1.54) is 6.08 Å². The highest BCUT2D eigenvalue weighted by Crippen LogP contribution is 2.33. The molecule has 0 bridgehead atoms. The molecule has 4 N–H and O–H groups in total. The lowest BCUT2D eigenvalue weighted by Crippen LogP contribution is -2.36. The highest BCUT2D eigenvalue weighted by atomic mass is 19.3. The van der Waals surface area contributed by atoms with Gasteiger partial charge < -0.3 is 21.4 Å². The van der Waals surface area contributed by atoms with Gasteiger partial charge in [-0.15, -0.1) is 0 Å². The number of anilines is 1. The molecule has 7 heteroatoms. The number of aryl methyl sites for hydroxylation is 1. The smallest absolute Gasteiger partial charge is 0.278 e. The minimum Gasteiger partial charge on any atom is -0.341 e. The van der Waals surface area contributed by atoms with Crippen molar-refractivity contribution in [3.8, 4) is 0 Å². The van der Waals surface area contributed by atoms with E-state index in [-0.39, 0.29) is 17.1 Å². The van der Waals surface area contributed by atoms with Crippen molar-refractivity contribution in [3.63, 3.8) is 0 Å². The number of carbonyl (C=O) groups excluding carboxylic acids is 1. The molecule has 25 heavy (non-hydrogen) atoms. The molecule has 3 rings (SSSR count). The van der Waals surface area contributed by atoms with Crippen LogP contribution < -0.4 is 16.0 Å². The number of allylic oxidation sites excluding steroid dienone is 3. The molecule has 2 aliphatic rings. The summed E-state index contributed by atoms with van der Waals surface area (Å²) in [5.74, 6) is -0.455. The first-order valence-corrected chi connectivity index (χ1v) is 7.87. The highest BCUT2D eigenvalue weighted by molar-refractivity contribution is 6.17. The van der Waals surface area contributed by atoms with Crippen LogP contribution in [0.25, 0.3) is 0 Å². The van der Waals surface area contributed by atoms with E-state index in [4.69, 9.17) is 5.41 Å². The van der Waals surface area contributed by atoms with Gasteiger partial charge in [0.25, 0.3) is 12.3 Å². The number of amides is 1. The summed E-state index contributed by atoms with van der Waals surface area (Å²) in [5, 5.41) is 15.8. The van der Waals surface area contributed by atoms with Crippen molar-refractivity contribution in [1.29, 1.82) is 5.41 Å². The van der Waals surface area contributed by atoms with Crippen molar-refractivity contribution in [3.05, 3.63) is 64.3 Å². The maximum atomic E-state index is 13.2. The van der Waals surface area contributed by atoms with Crippen LogP contribution in [-0.2, 0) is 4.79 Å². The van der Waals surface area contributed by atoms with Gasteiger partial charge in [-0.1, -0.05) is 18.2 Å². The molecule has 1 aliphatic heterocycles. The van der Waals surface area contributed by atoms with E-state index in [1.54, 1.807) is 12.1 Å². The minimum atomic E-state index is -2.70. The lowest BCUT2D eigenvalue weighted by Gasteiger charge is -2.24. The van der Waals surface area contributed by atoms with Crippen molar-refractivity contribution in [2.24, 2.45) is 0 Å². The molecule has 0 unspecified atom stereocenters. The van der Waals surface area contributed by atoms with Gasteiger partial charge in [-0.05, 0) is 43.0 Å². The Balaban J connectivity index is 1.91. The molecule has 0 aromatic heterocycles. The van der Waals surface area contributed by atoms with Crippen molar-refractivity contribution < 1.29 is 13.6 Å². The molecule has 5 nitrogen and oxygen atoms in total. The zero-order valence-electron chi connectivity index (χ0n) is 13.6. The van der Waals surface area contributed by atoms with Crippen LogP contribution in [0.3, 0.4) is 0 Å². The fraction of sp³-hybridized carbons (Fsp3) is 0.222. The number of benzene rings is 1. The monoisotopic (exact) mass is 344 g/mol. The second kappa shape index (κ2) is 6.88. The van der Waals surface area contributed by atoms with Crippen molar-refractivity contribution >= 4 is 17.8 Å². The molecule has 0 spiro atoms. The van der Waals surface area contributed by atoms with Crippen LogP contribution in [0.1, 0.15) is 18.4 Å². The Morgan fingerprint density at radius 1 is 1.28 bits per heavy atom. The first-order chi connectivity index (χ1) is 12.0. The summed E-state index contributed by atoms with van der Waals surface area (Å²) in [6.45, 7) is 1.84. The van der Waals surface area contributed by atoms with Gasteiger partial charge in [-0.3, -0.25) is 4.79 Å². The predicted octanol–water partition coefficient (Wildman–Crippen LogP) is 3.18. The van der Waals surface area contributed by atoms with Crippen LogP contribution in [0.4, 0.5) is 14.5 Å². The molecule has 1 amide bonds. The first kappa shape index (κ1) is 16.9. The van der Waals surface area contributed by atoms with E-state index in [0.29, 0.717) is 11.4 Å². The number of rotatable bonds is 4.